The van der Waals surface area contributed by atoms with Crippen LogP contribution in [-0.2, 0) is 25.6 Å². The normalized spacial score (nSPS) is 18.8. The van der Waals surface area contributed by atoms with E-state index in [4.69, 9.17) is 14.6 Å². The molecule has 218 valence electrons. The lowest BCUT2D eigenvalue weighted by molar-refractivity contribution is -0.252. The summed E-state index contributed by atoms with van der Waals surface area (Å²) in [7, 11) is 2.12. The number of nitrogens with zero attached hydrogens (tertiary/aromatic N) is 1. The number of Topliss-reactive ketones (excluding diaryl/α,β-unsaturated/α-hetero) is 1. The number of benzene rings is 3. The minimum Gasteiger partial charge on any atom is -0.389 e. The van der Waals surface area contributed by atoms with Gasteiger partial charge in [-0.1, -0.05) is 85.6 Å². The van der Waals surface area contributed by atoms with Crippen molar-refractivity contribution in [2.75, 3.05) is 25.5 Å². The largest absolute Gasteiger partial charge is 0.389 e. The molecule has 3 atom stereocenters. The van der Waals surface area contributed by atoms with Gasteiger partial charge in [0.25, 0.3) is 0 Å². The van der Waals surface area contributed by atoms with E-state index in [9.17, 15) is 9.59 Å². The molecule has 7 heteroatoms. The number of ether oxygens (including phenoxy) is 2. The van der Waals surface area contributed by atoms with Gasteiger partial charge in [-0.15, -0.1) is 0 Å². The predicted molar refractivity (Wildman–Crippen MR) is 160 cm³/mol. The van der Waals surface area contributed by atoms with E-state index in [-0.39, 0.29) is 30.5 Å². The lowest BCUT2D eigenvalue weighted by atomic mass is 10.0. The number of ketones is 1. The molecule has 3 aromatic rings. The number of likely N-dealkylation sites (N-methyl/N-ethyl adjacent to an activating group) is 1. The second-order valence-corrected chi connectivity index (χ2v) is 10.8. The van der Waals surface area contributed by atoms with Crippen LogP contribution in [0, 0.1) is 0 Å². The van der Waals surface area contributed by atoms with E-state index in [0.717, 1.165) is 62.0 Å². The van der Waals surface area contributed by atoms with Gasteiger partial charge in [0.1, 0.15) is 6.61 Å². The molecule has 1 aliphatic heterocycles. The van der Waals surface area contributed by atoms with E-state index in [0.29, 0.717) is 12.8 Å². The van der Waals surface area contributed by atoms with Gasteiger partial charge in [-0.25, -0.2) is 0 Å². The van der Waals surface area contributed by atoms with Gasteiger partial charge >= 0.3 is 0 Å². The van der Waals surface area contributed by atoms with Crippen LogP contribution in [0.4, 0.5) is 5.69 Å². The summed E-state index contributed by atoms with van der Waals surface area (Å²) in [6.07, 6.45) is 4.29. The van der Waals surface area contributed by atoms with Crippen LogP contribution in [0.15, 0.2) is 84.9 Å². The van der Waals surface area contributed by atoms with Crippen LogP contribution in [0.5, 0.6) is 0 Å². The summed E-state index contributed by atoms with van der Waals surface area (Å²) >= 11 is 0. The minimum atomic E-state index is -0.508. The molecular weight excluding hydrogens is 516 g/mol. The number of hydrogen-bond acceptors (Lipinski definition) is 6. The van der Waals surface area contributed by atoms with Crippen molar-refractivity contribution in [2.24, 2.45) is 0 Å². The molecule has 1 saturated heterocycles. The number of unbranched alkanes of at least 4 members (excludes halogenated alkanes) is 3. The first-order chi connectivity index (χ1) is 20.0. The third kappa shape index (κ3) is 10.2. The van der Waals surface area contributed by atoms with E-state index >= 15 is 0 Å². The van der Waals surface area contributed by atoms with Crippen LogP contribution in [0.1, 0.15) is 74.0 Å². The number of hydrogen-bond donors (Lipinski definition) is 2. The van der Waals surface area contributed by atoms with Crippen molar-refractivity contribution < 1.29 is 24.2 Å². The molecule has 0 bridgehead atoms. The Morgan fingerprint density at radius 3 is 2.17 bits per heavy atom. The third-order valence-electron chi connectivity index (χ3n) is 7.32. The van der Waals surface area contributed by atoms with E-state index in [1.165, 1.54) is 5.56 Å². The molecule has 41 heavy (non-hydrogen) atoms. The van der Waals surface area contributed by atoms with E-state index in [2.05, 4.69) is 53.7 Å². The molecule has 0 saturated carbocycles. The molecule has 2 N–H and O–H groups in total. The molecule has 0 aliphatic carbocycles. The van der Waals surface area contributed by atoms with E-state index in [1.54, 1.807) is 0 Å². The average Bonchev–Trinajstić information content (AvgIpc) is 3.00. The van der Waals surface area contributed by atoms with Crippen LogP contribution >= 0.6 is 0 Å². The maximum atomic E-state index is 12.4. The summed E-state index contributed by atoms with van der Waals surface area (Å²) in [6, 6.07) is 28.4. The predicted octanol–water partition coefficient (Wildman–Crippen LogP) is 6.20. The zero-order valence-corrected chi connectivity index (χ0v) is 23.9. The van der Waals surface area contributed by atoms with E-state index in [1.807, 2.05) is 48.5 Å². The summed E-state index contributed by atoms with van der Waals surface area (Å²) in [5.41, 5.74) is 4.06. The number of nitrogens with one attached hydrogen (secondary N) is 1. The number of carbonyl (C=O) groups excluding carboxylic acids is 2. The molecule has 1 amide bonds. The molecule has 1 fully saturated rings. The van der Waals surface area contributed by atoms with Crippen molar-refractivity contribution in [1.29, 1.82) is 0 Å². The van der Waals surface area contributed by atoms with Crippen molar-refractivity contribution in [2.45, 2.75) is 70.0 Å². The standard InChI is InChI=1S/C34H42N2O5/c1-36(23-26-12-6-4-7-13-26)24-31-22-32(27-14-8-5-9-15-27)41-34(40-31)28-18-20-29(21-19-28)35-33(39)17-11-3-2-10-16-30(38)25-37/h4-9,12-15,18-21,31-32,34,37H,2-3,10-11,16-17,22-25H2,1H3,(H,35,39). The number of rotatable bonds is 15. The fourth-order valence-electron chi connectivity index (χ4n) is 5.16. The monoisotopic (exact) mass is 558 g/mol. The zero-order valence-electron chi connectivity index (χ0n) is 23.9. The molecule has 0 aromatic heterocycles. The fraction of sp³-hybridized carbons (Fsp3) is 0.412. The minimum absolute atomic E-state index is 0.00573. The first kappa shape index (κ1) is 30.6. The van der Waals surface area contributed by atoms with Gasteiger partial charge in [0.2, 0.25) is 5.91 Å². The Labute approximate surface area is 243 Å². The molecule has 0 radical (unpaired) electrons. The first-order valence-corrected chi connectivity index (χ1v) is 14.6. The van der Waals surface area contributed by atoms with Crippen molar-refractivity contribution in [3.05, 3.63) is 102 Å². The summed E-state index contributed by atoms with van der Waals surface area (Å²) < 4.78 is 12.9. The number of carbonyl (C=O) groups is 2. The Bertz CT molecular complexity index is 1200. The van der Waals surface area contributed by atoms with Crippen LogP contribution in [0.3, 0.4) is 0 Å². The quantitative estimate of drug-likeness (QED) is 0.216. The third-order valence-corrected chi connectivity index (χ3v) is 7.32. The second kappa shape index (κ2) is 16.2. The van der Waals surface area contributed by atoms with Gasteiger partial charge in [0.05, 0.1) is 12.2 Å². The Morgan fingerprint density at radius 2 is 1.49 bits per heavy atom. The Hall–Kier alpha value is -3.36. The van der Waals surface area contributed by atoms with Crippen LogP contribution in [0.25, 0.3) is 0 Å². The summed E-state index contributed by atoms with van der Waals surface area (Å²) in [6.45, 7) is 1.24. The van der Waals surface area contributed by atoms with E-state index < -0.39 is 6.29 Å². The SMILES string of the molecule is CN(Cc1ccccc1)CC1CC(c2ccccc2)OC(c2ccc(NC(=O)CCCCCCC(=O)CO)cc2)O1. The van der Waals surface area contributed by atoms with Gasteiger partial charge in [0.15, 0.2) is 12.1 Å². The number of aliphatic hydroxyl groups excluding tert-OH is 1. The van der Waals surface area contributed by atoms with Crippen LogP contribution < -0.4 is 5.32 Å². The highest BCUT2D eigenvalue weighted by atomic mass is 16.7. The Balaban J connectivity index is 1.31. The van der Waals surface area contributed by atoms with Gasteiger partial charge in [0, 0.05) is 43.6 Å². The van der Waals surface area contributed by atoms with Crippen molar-refractivity contribution in [1.82, 2.24) is 4.90 Å². The molecule has 0 spiro atoms. The molecular formula is C34H42N2O5. The number of amides is 1. The highest BCUT2D eigenvalue weighted by Gasteiger charge is 2.32. The second-order valence-electron chi connectivity index (χ2n) is 10.8. The summed E-state index contributed by atoms with van der Waals surface area (Å²) in [5.74, 6) is -0.156. The highest BCUT2D eigenvalue weighted by molar-refractivity contribution is 5.90. The van der Waals surface area contributed by atoms with Gasteiger partial charge in [-0.2, -0.15) is 0 Å². The molecule has 3 unspecified atom stereocenters. The maximum Gasteiger partial charge on any atom is 0.224 e. The van der Waals surface area contributed by atoms with Crippen LogP contribution in [-0.4, -0.2) is 48.0 Å². The van der Waals surface area contributed by atoms with Gasteiger partial charge in [-0.3, -0.25) is 14.5 Å². The maximum absolute atomic E-state index is 12.4. The van der Waals surface area contributed by atoms with Crippen molar-refractivity contribution in [3.63, 3.8) is 0 Å². The Kier molecular flexibility index (Phi) is 12.1. The highest BCUT2D eigenvalue weighted by Crippen LogP contribution is 2.38. The molecule has 3 aromatic carbocycles. The summed E-state index contributed by atoms with van der Waals surface area (Å²) in [4.78, 5) is 25.9. The lowest BCUT2D eigenvalue weighted by Crippen LogP contribution is -2.37. The van der Waals surface area contributed by atoms with Crippen molar-refractivity contribution in [3.8, 4) is 0 Å². The van der Waals surface area contributed by atoms with Crippen molar-refractivity contribution >= 4 is 17.4 Å². The number of anilines is 1. The van der Waals surface area contributed by atoms with Crippen LogP contribution in [0.2, 0.25) is 0 Å². The Morgan fingerprint density at radius 1 is 0.829 bits per heavy atom. The molecule has 1 heterocycles. The lowest BCUT2D eigenvalue weighted by Gasteiger charge is -2.37. The molecule has 4 rings (SSSR count). The molecule has 7 nitrogen and oxygen atoms in total. The zero-order chi connectivity index (χ0) is 28.9. The average molecular weight is 559 g/mol. The summed E-state index contributed by atoms with van der Waals surface area (Å²) in [5, 5.41) is 11.7. The number of aliphatic hydroxyl groups is 1. The fourth-order valence-corrected chi connectivity index (χ4v) is 5.16. The molecule has 1 aliphatic rings. The van der Waals surface area contributed by atoms with Gasteiger partial charge < -0.3 is 19.9 Å². The smallest absolute Gasteiger partial charge is 0.224 e. The first-order valence-electron chi connectivity index (χ1n) is 14.6. The topological polar surface area (TPSA) is 88.1 Å². The van der Waals surface area contributed by atoms with Gasteiger partial charge in [-0.05, 0) is 43.1 Å².